The molecule has 0 aliphatic carbocycles. The highest BCUT2D eigenvalue weighted by molar-refractivity contribution is 9.10. The lowest BCUT2D eigenvalue weighted by Gasteiger charge is -2.03. The van der Waals surface area contributed by atoms with E-state index in [9.17, 15) is 20.0 Å². The summed E-state index contributed by atoms with van der Waals surface area (Å²) in [6.07, 6.45) is 1.43. The molecule has 0 atom stereocenters. The third-order valence-electron chi connectivity index (χ3n) is 3.01. The summed E-state index contributed by atoms with van der Waals surface area (Å²) in [4.78, 5) is 22.0. The number of halogens is 1. The number of phenols is 1. The summed E-state index contributed by atoms with van der Waals surface area (Å²) >= 11 is 3.39. The van der Waals surface area contributed by atoms with Gasteiger partial charge in [0.15, 0.2) is 0 Å². The molecule has 0 fully saturated rings. The zero-order valence-electron chi connectivity index (χ0n) is 12.0. The molecule has 7 nitrogen and oxygen atoms in total. The van der Waals surface area contributed by atoms with E-state index in [0.29, 0.717) is 0 Å². The topological polar surface area (TPSA) is 105 Å². The number of hydrogen-bond acceptors (Lipinski definition) is 5. The Morgan fingerprint density at radius 3 is 2.74 bits per heavy atom. The van der Waals surface area contributed by atoms with Crippen molar-refractivity contribution in [1.82, 2.24) is 5.43 Å². The Balaban J connectivity index is 2.13. The number of rotatable bonds is 4. The largest absolute Gasteiger partial charge is 0.507 e. The molecule has 2 aromatic carbocycles. The van der Waals surface area contributed by atoms with Gasteiger partial charge in [-0.15, -0.1) is 0 Å². The van der Waals surface area contributed by atoms with Crippen LogP contribution in [0.5, 0.6) is 5.75 Å². The molecular formula is C15H12BrN3O4. The number of nitro groups is 1. The molecule has 8 heteroatoms. The van der Waals surface area contributed by atoms with Gasteiger partial charge in [0.1, 0.15) is 5.75 Å². The number of hydrogen-bond donors (Lipinski definition) is 2. The van der Waals surface area contributed by atoms with Crippen LogP contribution in [0.3, 0.4) is 0 Å². The van der Waals surface area contributed by atoms with Gasteiger partial charge in [-0.3, -0.25) is 14.9 Å². The molecule has 0 heterocycles. The summed E-state index contributed by atoms with van der Waals surface area (Å²) in [6.45, 7) is 1.94. The first kappa shape index (κ1) is 16.6. The molecule has 0 unspecified atom stereocenters. The van der Waals surface area contributed by atoms with Crippen LogP contribution < -0.4 is 5.43 Å². The van der Waals surface area contributed by atoms with Crippen molar-refractivity contribution in [3.8, 4) is 5.75 Å². The molecule has 0 spiro atoms. The van der Waals surface area contributed by atoms with Gasteiger partial charge in [0.2, 0.25) is 0 Å². The highest BCUT2D eigenvalue weighted by Crippen LogP contribution is 2.22. The van der Waals surface area contributed by atoms with E-state index in [1.807, 2.05) is 25.1 Å². The summed E-state index contributed by atoms with van der Waals surface area (Å²) in [5.74, 6) is -1.10. The molecule has 0 saturated carbocycles. The average molecular weight is 378 g/mol. The molecule has 1 amide bonds. The van der Waals surface area contributed by atoms with Gasteiger partial charge in [0.05, 0.1) is 16.7 Å². The van der Waals surface area contributed by atoms with Crippen LogP contribution in [-0.2, 0) is 0 Å². The van der Waals surface area contributed by atoms with Crippen LogP contribution in [0.1, 0.15) is 21.5 Å². The molecule has 0 aromatic heterocycles. The number of carbonyl (C=O) groups is 1. The Labute approximate surface area is 139 Å². The van der Waals surface area contributed by atoms with E-state index >= 15 is 0 Å². The predicted molar refractivity (Wildman–Crippen MR) is 88.7 cm³/mol. The van der Waals surface area contributed by atoms with Gasteiger partial charge in [-0.1, -0.05) is 28.1 Å². The molecule has 0 bridgehead atoms. The number of nitro benzene ring substituents is 1. The minimum Gasteiger partial charge on any atom is -0.507 e. The summed E-state index contributed by atoms with van der Waals surface area (Å²) < 4.78 is 0.907. The van der Waals surface area contributed by atoms with Gasteiger partial charge in [-0.2, -0.15) is 5.10 Å². The van der Waals surface area contributed by atoms with E-state index in [1.165, 1.54) is 6.21 Å². The molecule has 2 rings (SSSR count). The summed E-state index contributed by atoms with van der Waals surface area (Å²) in [5, 5.41) is 24.1. The fourth-order valence-corrected chi connectivity index (χ4v) is 2.13. The van der Waals surface area contributed by atoms with Crippen molar-refractivity contribution < 1.29 is 14.8 Å². The van der Waals surface area contributed by atoms with E-state index in [0.717, 1.165) is 33.8 Å². The number of benzene rings is 2. The SMILES string of the molecule is Cc1ccc(/C=N\NC(=O)c2cc([N+](=O)[O-])ccc2O)cc1Br. The second kappa shape index (κ2) is 7.01. The van der Waals surface area contributed by atoms with Crippen LogP contribution >= 0.6 is 15.9 Å². The fourth-order valence-electron chi connectivity index (χ4n) is 1.73. The first-order valence-electron chi connectivity index (χ1n) is 6.45. The molecule has 0 aliphatic heterocycles. The molecular weight excluding hydrogens is 366 g/mol. The van der Waals surface area contributed by atoms with E-state index in [-0.39, 0.29) is 17.0 Å². The van der Waals surface area contributed by atoms with Gasteiger partial charge in [-0.25, -0.2) is 5.43 Å². The number of non-ortho nitro benzene ring substituents is 1. The number of aryl methyl sites for hydroxylation is 1. The lowest BCUT2D eigenvalue weighted by molar-refractivity contribution is -0.384. The number of carbonyl (C=O) groups excluding carboxylic acids is 1. The fraction of sp³-hybridized carbons (Fsp3) is 0.0667. The zero-order chi connectivity index (χ0) is 17.0. The molecule has 0 aliphatic rings. The van der Waals surface area contributed by atoms with Crippen molar-refractivity contribution in [3.63, 3.8) is 0 Å². The van der Waals surface area contributed by atoms with E-state index < -0.39 is 10.8 Å². The van der Waals surface area contributed by atoms with Crippen LogP contribution in [0.15, 0.2) is 46.0 Å². The van der Waals surface area contributed by atoms with Crippen LogP contribution in [0.2, 0.25) is 0 Å². The second-order valence-corrected chi connectivity index (χ2v) is 5.52. The molecule has 118 valence electrons. The lowest BCUT2D eigenvalue weighted by Crippen LogP contribution is -2.18. The van der Waals surface area contributed by atoms with Crippen molar-refractivity contribution in [1.29, 1.82) is 0 Å². The Hall–Kier alpha value is -2.74. The number of nitrogens with one attached hydrogen (secondary N) is 1. The van der Waals surface area contributed by atoms with Crippen molar-refractivity contribution in [2.75, 3.05) is 0 Å². The Kier molecular flexibility index (Phi) is 5.07. The van der Waals surface area contributed by atoms with Gasteiger partial charge in [-0.05, 0) is 30.2 Å². The minimum absolute atomic E-state index is 0.221. The van der Waals surface area contributed by atoms with E-state index in [4.69, 9.17) is 0 Å². The van der Waals surface area contributed by atoms with Gasteiger partial charge < -0.3 is 5.11 Å². The van der Waals surface area contributed by atoms with Crippen LogP contribution in [0, 0.1) is 17.0 Å². The van der Waals surface area contributed by atoms with Crippen LogP contribution in [0.25, 0.3) is 0 Å². The molecule has 0 radical (unpaired) electrons. The molecule has 2 aromatic rings. The number of hydrazone groups is 1. The van der Waals surface area contributed by atoms with Crippen LogP contribution in [0.4, 0.5) is 5.69 Å². The quantitative estimate of drug-likeness (QED) is 0.484. The van der Waals surface area contributed by atoms with Crippen molar-refractivity contribution in [3.05, 3.63) is 67.7 Å². The van der Waals surface area contributed by atoms with Crippen molar-refractivity contribution >= 4 is 33.7 Å². The lowest BCUT2D eigenvalue weighted by atomic mass is 10.1. The number of aromatic hydroxyl groups is 1. The standard InChI is InChI=1S/C15H12BrN3O4/c1-9-2-3-10(6-13(9)16)8-17-18-15(21)12-7-11(19(22)23)4-5-14(12)20/h2-8,20H,1H3,(H,18,21)/b17-8-. The first-order valence-corrected chi connectivity index (χ1v) is 7.25. The number of nitrogens with zero attached hydrogens (tertiary/aromatic N) is 2. The van der Waals surface area contributed by atoms with E-state index in [1.54, 1.807) is 0 Å². The monoisotopic (exact) mass is 377 g/mol. The summed E-state index contributed by atoms with van der Waals surface area (Å²) in [5.41, 5.74) is 3.53. The normalized spacial score (nSPS) is 10.7. The maximum Gasteiger partial charge on any atom is 0.275 e. The zero-order valence-corrected chi connectivity index (χ0v) is 13.6. The maximum absolute atomic E-state index is 11.9. The van der Waals surface area contributed by atoms with Crippen LogP contribution in [-0.4, -0.2) is 22.2 Å². The summed E-state index contributed by atoms with van der Waals surface area (Å²) in [6, 6.07) is 8.73. The third kappa shape index (κ3) is 4.13. The second-order valence-electron chi connectivity index (χ2n) is 4.67. The average Bonchev–Trinajstić information content (AvgIpc) is 2.51. The minimum atomic E-state index is -0.742. The third-order valence-corrected chi connectivity index (χ3v) is 3.87. The van der Waals surface area contributed by atoms with Crippen molar-refractivity contribution in [2.24, 2.45) is 5.10 Å². The summed E-state index contributed by atoms with van der Waals surface area (Å²) in [7, 11) is 0. The smallest absolute Gasteiger partial charge is 0.275 e. The molecule has 23 heavy (non-hydrogen) atoms. The maximum atomic E-state index is 11.9. The highest BCUT2D eigenvalue weighted by Gasteiger charge is 2.15. The predicted octanol–water partition coefficient (Wildman–Crippen LogP) is 3.14. The molecule has 0 saturated heterocycles. The first-order chi connectivity index (χ1) is 10.9. The van der Waals surface area contributed by atoms with Gasteiger partial charge >= 0.3 is 0 Å². The Morgan fingerprint density at radius 2 is 2.09 bits per heavy atom. The number of phenolic OH excluding ortho intramolecular Hbond substituents is 1. The van der Waals surface area contributed by atoms with E-state index in [2.05, 4.69) is 26.5 Å². The molecule has 2 N–H and O–H groups in total. The van der Waals surface area contributed by atoms with Gasteiger partial charge in [0.25, 0.3) is 11.6 Å². The van der Waals surface area contributed by atoms with Gasteiger partial charge in [0, 0.05) is 16.6 Å². The Morgan fingerprint density at radius 1 is 1.35 bits per heavy atom. The number of amides is 1. The highest BCUT2D eigenvalue weighted by atomic mass is 79.9. The van der Waals surface area contributed by atoms with Crippen molar-refractivity contribution in [2.45, 2.75) is 6.92 Å². The Bertz CT molecular complexity index is 805.